The van der Waals surface area contributed by atoms with Crippen molar-refractivity contribution >= 4 is 28.9 Å². The van der Waals surface area contributed by atoms with E-state index in [4.69, 9.17) is 28.6 Å². The maximum Gasteiger partial charge on any atom is 0.387 e. The van der Waals surface area contributed by atoms with E-state index in [1.807, 2.05) is 13.8 Å². The minimum atomic E-state index is -2.79. The molecule has 136 valence electrons. The Bertz CT molecular complexity index is 724. The fraction of sp³-hybridized carbons (Fsp3) is 0.333. The Morgan fingerprint density at radius 1 is 1.28 bits per heavy atom. The smallest absolute Gasteiger partial charge is 0.387 e. The number of hydrogen-bond donors (Lipinski definition) is 1. The fourth-order valence-electron chi connectivity index (χ4n) is 2.14. The third-order valence-electron chi connectivity index (χ3n) is 3.24. The highest BCUT2D eigenvalue weighted by Crippen LogP contribution is 2.25. The number of alkyl halides is 2. The van der Waals surface area contributed by atoms with Crippen molar-refractivity contribution in [3.63, 3.8) is 0 Å². The molecule has 3 nitrogen and oxygen atoms in total. The van der Waals surface area contributed by atoms with Crippen LogP contribution in [0.2, 0.25) is 10.2 Å². The van der Waals surface area contributed by atoms with Gasteiger partial charge in [0, 0.05) is 22.5 Å². The molecule has 25 heavy (non-hydrogen) atoms. The molecule has 1 heterocycles. The van der Waals surface area contributed by atoms with Gasteiger partial charge in [0.1, 0.15) is 10.9 Å². The summed E-state index contributed by atoms with van der Waals surface area (Å²) in [5, 5.41) is 8.38. The van der Waals surface area contributed by atoms with Gasteiger partial charge >= 0.3 is 6.61 Å². The fourth-order valence-corrected chi connectivity index (χ4v) is 2.55. The second kappa shape index (κ2) is 10.3. The highest BCUT2D eigenvalue weighted by molar-refractivity contribution is 6.30. The number of halogens is 4. The van der Waals surface area contributed by atoms with E-state index in [1.54, 1.807) is 31.3 Å². The van der Waals surface area contributed by atoms with Crippen molar-refractivity contribution in [3.05, 3.63) is 57.3 Å². The van der Waals surface area contributed by atoms with Gasteiger partial charge in [-0.05, 0) is 55.7 Å². The molecule has 0 radical (unpaired) electrons. The summed E-state index contributed by atoms with van der Waals surface area (Å²) in [6.45, 7) is 2.83. The predicted molar refractivity (Wildman–Crippen MR) is 98.6 cm³/mol. The topological polar surface area (TPSA) is 46.0 Å². The lowest BCUT2D eigenvalue weighted by Crippen LogP contribution is -2.04. The second-order valence-corrected chi connectivity index (χ2v) is 6.15. The first-order valence-electron chi connectivity index (χ1n) is 7.65. The Morgan fingerprint density at radius 2 is 1.96 bits per heavy atom. The molecule has 0 aliphatic carbocycles. The third-order valence-corrected chi connectivity index (χ3v) is 3.68. The Balaban J connectivity index is 0.000000257. The first-order chi connectivity index (χ1) is 11.7. The van der Waals surface area contributed by atoms with Gasteiger partial charge in [0.25, 0.3) is 0 Å². The molecule has 1 N–H and O–H groups in total. The molecular formula is C18H20Cl2F2N2O. The van der Waals surface area contributed by atoms with E-state index in [2.05, 4.69) is 9.72 Å². The number of nitrogens with zero attached hydrogens (tertiary/aromatic N) is 1. The van der Waals surface area contributed by atoms with Crippen LogP contribution in [0, 0.1) is 12.3 Å². The molecule has 0 unspecified atom stereocenters. The molecule has 0 saturated carbocycles. The van der Waals surface area contributed by atoms with Crippen LogP contribution < -0.4 is 4.74 Å². The maximum atomic E-state index is 12.0. The summed E-state index contributed by atoms with van der Waals surface area (Å²) in [6, 6.07) is 6.43. The van der Waals surface area contributed by atoms with Crippen LogP contribution in [0.4, 0.5) is 8.78 Å². The van der Waals surface area contributed by atoms with Gasteiger partial charge in [0.2, 0.25) is 0 Å². The van der Waals surface area contributed by atoms with Gasteiger partial charge in [0.05, 0.1) is 0 Å². The van der Waals surface area contributed by atoms with Gasteiger partial charge in [-0.25, -0.2) is 4.98 Å². The van der Waals surface area contributed by atoms with E-state index in [1.165, 1.54) is 6.07 Å². The van der Waals surface area contributed by atoms with Crippen LogP contribution in [0.5, 0.6) is 5.75 Å². The molecule has 0 aliphatic heterocycles. The van der Waals surface area contributed by atoms with Crippen molar-refractivity contribution in [2.45, 2.75) is 40.2 Å². The van der Waals surface area contributed by atoms with Crippen molar-refractivity contribution in [1.29, 1.82) is 5.41 Å². The number of aryl methyl sites for hydroxylation is 2. The molecule has 0 spiro atoms. The number of hydrogen-bond acceptors (Lipinski definition) is 3. The summed E-state index contributed by atoms with van der Waals surface area (Å²) in [5.41, 5.74) is 3.10. The Kier molecular flexibility index (Phi) is 8.79. The number of ether oxygens (including phenoxy) is 1. The summed E-state index contributed by atoms with van der Waals surface area (Å²) in [7, 11) is 0. The van der Waals surface area contributed by atoms with Gasteiger partial charge in [-0.2, -0.15) is 8.78 Å². The molecule has 0 amide bonds. The number of aromatic nitrogens is 1. The number of benzene rings is 1. The van der Waals surface area contributed by atoms with Crippen LogP contribution in [0.3, 0.4) is 0 Å². The van der Waals surface area contributed by atoms with Crippen molar-refractivity contribution < 1.29 is 13.5 Å². The summed E-state index contributed by atoms with van der Waals surface area (Å²) in [4.78, 5) is 3.89. The van der Waals surface area contributed by atoms with Crippen LogP contribution in [0.1, 0.15) is 37.0 Å². The third kappa shape index (κ3) is 7.36. The molecule has 7 heteroatoms. The monoisotopic (exact) mass is 388 g/mol. The van der Waals surface area contributed by atoms with Gasteiger partial charge in [-0.15, -0.1) is 0 Å². The van der Waals surface area contributed by atoms with E-state index in [9.17, 15) is 8.78 Å². The molecule has 0 fully saturated rings. The second-order valence-electron chi connectivity index (χ2n) is 5.33. The molecule has 2 rings (SSSR count). The normalized spacial score (nSPS) is 10.2. The highest BCUT2D eigenvalue weighted by atomic mass is 35.5. The van der Waals surface area contributed by atoms with Gasteiger partial charge in [-0.1, -0.05) is 36.5 Å². The van der Waals surface area contributed by atoms with Gasteiger partial charge in [-0.3, -0.25) is 0 Å². The summed E-state index contributed by atoms with van der Waals surface area (Å²) in [6.07, 6.45) is 3.17. The number of nitrogens with one attached hydrogen (secondary N) is 1. The molecule has 1 aromatic heterocycles. The molecule has 1 aromatic carbocycles. The van der Waals surface area contributed by atoms with E-state index in [0.29, 0.717) is 22.3 Å². The largest absolute Gasteiger partial charge is 0.435 e. The zero-order chi connectivity index (χ0) is 19.0. The van der Waals surface area contributed by atoms with E-state index in [-0.39, 0.29) is 5.75 Å². The van der Waals surface area contributed by atoms with Crippen molar-refractivity contribution in [1.82, 2.24) is 4.98 Å². The van der Waals surface area contributed by atoms with E-state index < -0.39 is 6.61 Å². The molecular weight excluding hydrogens is 369 g/mol. The van der Waals surface area contributed by atoms with Crippen LogP contribution in [-0.4, -0.2) is 17.3 Å². The first kappa shape index (κ1) is 21.3. The molecule has 0 saturated heterocycles. The lowest BCUT2D eigenvalue weighted by molar-refractivity contribution is -0.0504. The lowest BCUT2D eigenvalue weighted by atomic mass is 10.1. The average Bonchev–Trinajstić information content (AvgIpc) is 2.50. The summed E-state index contributed by atoms with van der Waals surface area (Å²) in [5.74, 6) is 0.214. The Morgan fingerprint density at radius 3 is 2.48 bits per heavy atom. The summed E-state index contributed by atoms with van der Waals surface area (Å²) >= 11 is 11.4. The quantitative estimate of drug-likeness (QED) is 0.480. The van der Waals surface area contributed by atoms with Gasteiger partial charge in [0.15, 0.2) is 0 Å². The van der Waals surface area contributed by atoms with Crippen molar-refractivity contribution in [3.8, 4) is 5.75 Å². The Labute approximate surface area is 156 Å². The Hall–Kier alpha value is -1.72. The van der Waals surface area contributed by atoms with Crippen LogP contribution >= 0.6 is 23.2 Å². The van der Waals surface area contributed by atoms with Crippen LogP contribution in [0.15, 0.2) is 30.5 Å². The van der Waals surface area contributed by atoms with Crippen molar-refractivity contribution in [2.75, 3.05) is 0 Å². The zero-order valence-electron chi connectivity index (χ0n) is 14.2. The van der Waals surface area contributed by atoms with E-state index in [0.717, 1.165) is 23.1 Å². The standard InChI is InChI=1S/C10H11ClF2O.C8H9ClN2/c1-2-3-7-6-8(11)4-5-9(7)14-10(12)13;1-5-3-8(9)11-4-7(5)6(2)10/h4-6,10H,2-3H2,1H3;3-4,10H,1-2H3. The molecule has 2 aromatic rings. The highest BCUT2D eigenvalue weighted by Gasteiger charge is 2.09. The molecule has 0 bridgehead atoms. The maximum absolute atomic E-state index is 12.0. The molecule has 0 atom stereocenters. The first-order valence-corrected chi connectivity index (χ1v) is 8.41. The van der Waals surface area contributed by atoms with Crippen LogP contribution in [-0.2, 0) is 6.42 Å². The number of rotatable bonds is 5. The number of pyridine rings is 1. The van der Waals surface area contributed by atoms with Crippen LogP contribution in [0.25, 0.3) is 0 Å². The predicted octanol–water partition coefficient (Wildman–Crippen LogP) is 6.33. The molecule has 0 aliphatic rings. The van der Waals surface area contributed by atoms with Gasteiger partial charge < -0.3 is 10.1 Å². The lowest BCUT2D eigenvalue weighted by Gasteiger charge is -2.09. The minimum Gasteiger partial charge on any atom is -0.435 e. The minimum absolute atomic E-state index is 0.214. The SMILES string of the molecule is CC(=N)c1cnc(Cl)cc1C.CCCc1cc(Cl)ccc1OC(F)F. The average molecular weight is 389 g/mol. The zero-order valence-corrected chi connectivity index (χ0v) is 15.8. The van der Waals surface area contributed by atoms with Crippen molar-refractivity contribution in [2.24, 2.45) is 0 Å². The van der Waals surface area contributed by atoms with E-state index >= 15 is 0 Å². The summed E-state index contributed by atoms with van der Waals surface area (Å²) < 4.78 is 28.3.